The maximum atomic E-state index is 4.11. The zero-order valence-electron chi connectivity index (χ0n) is 6.34. The Balaban J connectivity index is 2.56. The summed E-state index contributed by atoms with van der Waals surface area (Å²) in [7, 11) is 0. The first-order chi connectivity index (χ1) is 5.33. The molecule has 11 heavy (non-hydrogen) atoms. The van der Waals surface area contributed by atoms with Gasteiger partial charge in [0.1, 0.15) is 4.60 Å². The fraction of sp³-hybridized carbons (Fsp3) is 0.429. The number of rotatable bonds is 3. The van der Waals surface area contributed by atoms with E-state index in [4.69, 9.17) is 0 Å². The maximum Gasteiger partial charge on any atom is 0.223 e. The summed E-state index contributed by atoms with van der Waals surface area (Å²) >= 11 is 3.26. The smallest absolute Gasteiger partial charge is 0.223 e. The molecule has 0 aromatic carbocycles. The zero-order valence-corrected chi connectivity index (χ0v) is 7.93. The molecule has 0 radical (unpaired) electrons. The van der Waals surface area contributed by atoms with E-state index in [-0.39, 0.29) is 0 Å². The highest BCUT2D eigenvalue weighted by Gasteiger charge is 1.92. The van der Waals surface area contributed by atoms with Crippen LogP contribution in [0.3, 0.4) is 0 Å². The summed E-state index contributed by atoms with van der Waals surface area (Å²) in [6.07, 6.45) is 2.80. The minimum atomic E-state index is 0.682. The van der Waals surface area contributed by atoms with Crippen LogP contribution >= 0.6 is 15.9 Å². The fourth-order valence-corrected chi connectivity index (χ4v) is 0.945. The van der Waals surface area contributed by atoms with Gasteiger partial charge in [-0.05, 0) is 28.4 Å². The Bertz CT molecular complexity index is 227. The molecule has 0 aliphatic heterocycles. The van der Waals surface area contributed by atoms with E-state index in [0.29, 0.717) is 5.95 Å². The quantitative estimate of drug-likeness (QED) is 0.786. The van der Waals surface area contributed by atoms with E-state index in [1.54, 1.807) is 12.3 Å². The highest BCUT2D eigenvalue weighted by molar-refractivity contribution is 9.10. The lowest BCUT2D eigenvalue weighted by atomic mass is 10.5. The van der Waals surface area contributed by atoms with Gasteiger partial charge in [0.15, 0.2) is 0 Å². The van der Waals surface area contributed by atoms with Crippen LogP contribution in [-0.4, -0.2) is 16.5 Å². The summed E-state index contributed by atoms with van der Waals surface area (Å²) in [5.41, 5.74) is 0. The molecule has 0 amide bonds. The van der Waals surface area contributed by atoms with E-state index in [1.807, 2.05) is 0 Å². The Hall–Kier alpha value is -0.640. The average Bonchev–Trinajstić information content (AvgIpc) is 2.01. The summed E-state index contributed by atoms with van der Waals surface area (Å²) in [5, 5.41) is 3.08. The molecule has 1 aromatic heterocycles. The molecule has 0 saturated carbocycles. The predicted molar refractivity (Wildman–Crippen MR) is 48.5 cm³/mol. The van der Waals surface area contributed by atoms with Crippen molar-refractivity contribution in [3.63, 3.8) is 0 Å². The molecule has 0 spiro atoms. The summed E-state index contributed by atoms with van der Waals surface area (Å²) in [6.45, 7) is 3.02. The molecular formula is C7H10BrN3. The van der Waals surface area contributed by atoms with E-state index in [2.05, 4.69) is 38.1 Å². The van der Waals surface area contributed by atoms with Crippen LogP contribution < -0.4 is 5.32 Å². The number of aromatic nitrogens is 2. The summed E-state index contributed by atoms with van der Waals surface area (Å²) in [5.74, 6) is 0.682. The van der Waals surface area contributed by atoms with Crippen LogP contribution in [0.25, 0.3) is 0 Å². The molecule has 0 aliphatic carbocycles. The van der Waals surface area contributed by atoms with Crippen LogP contribution in [0.1, 0.15) is 13.3 Å². The highest BCUT2D eigenvalue weighted by Crippen LogP contribution is 2.06. The number of nitrogens with one attached hydrogen (secondary N) is 1. The predicted octanol–water partition coefficient (Wildman–Crippen LogP) is 2.06. The van der Waals surface area contributed by atoms with Crippen molar-refractivity contribution < 1.29 is 0 Å². The molecule has 1 aromatic rings. The number of anilines is 1. The highest BCUT2D eigenvalue weighted by atomic mass is 79.9. The molecule has 1 heterocycles. The third-order valence-electron chi connectivity index (χ3n) is 1.15. The zero-order chi connectivity index (χ0) is 8.10. The van der Waals surface area contributed by atoms with Gasteiger partial charge in [-0.25, -0.2) is 9.97 Å². The van der Waals surface area contributed by atoms with E-state index in [0.717, 1.165) is 17.6 Å². The van der Waals surface area contributed by atoms with E-state index < -0.39 is 0 Å². The number of hydrogen-bond acceptors (Lipinski definition) is 3. The van der Waals surface area contributed by atoms with Crippen molar-refractivity contribution in [2.24, 2.45) is 0 Å². The van der Waals surface area contributed by atoms with Crippen LogP contribution in [0, 0.1) is 0 Å². The Kier molecular flexibility index (Phi) is 3.29. The molecule has 1 N–H and O–H groups in total. The summed E-state index contributed by atoms with van der Waals surface area (Å²) < 4.78 is 0.811. The molecule has 0 fully saturated rings. The molecule has 3 nitrogen and oxygen atoms in total. The first-order valence-corrected chi connectivity index (χ1v) is 4.34. The van der Waals surface area contributed by atoms with Gasteiger partial charge in [-0.1, -0.05) is 6.92 Å². The first-order valence-electron chi connectivity index (χ1n) is 3.55. The Labute approximate surface area is 74.4 Å². The molecule has 4 heteroatoms. The van der Waals surface area contributed by atoms with Gasteiger partial charge in [0.2, 0.25) is 5.95 Å². The van der Waals surface area contributed by atoms with Gasteiger partial charge in [-0.2, -0.15) is 0 Å². The van der Waals surface area contributed by atoms with Crippen LogP contribution in [0.5, 0.6) is 0 Å². The monoisotopic (exact) mass is 215 g/mol. The standard InChI is InChI=1S/C7H10BrN3/c1-2-4-9-7-10-5-3-6(8)11-7/h3,5H,2,4H2,1H3,(H,9,10,11). The topological polar surface area (TPSA) is 37.8 Å². The molecule has 1 rings (SSSR count). The largest absolute Gasteiger partial charge is 0.354 e. The number of halogens is 1. The Morgan fingerprint density at radius 2 is 2.45 bits per heavy atom. The van der Waals surface area contributed by atoms with Gasteiger partial charge < -0.3 is 5.32 Å². The maximum absolute atomic E-state index is 4.11. The minimum absolute atomic E-state index is 0.682. The van der Waals surface area contributed by atoms with Gasteiger partial charge in [0.05, 0.1) is 0 Å². The molecule has 0 bridgehead atoms. The normalized spacial score (nSPS) is 9.64. The van der Waals surface area contributed by atoms with Gasteiger partial charge in [0, 0.05) is 12.7 Å². The second kappa shape index (κ2) is 4.28. The van der Waals surface area contributed by atoms with E-state index in [1.165, 1.54) is 0 Å². The van der Waals surface area contributed by atoms with Crippen LogP contribution in [0.4, 0.5) is 5.95 Å². The Morgan fingerprint density at radius 1 is 1.64 bits per heavy atom. The van der Waals surface area contributed by atoms with Gasteiger partial charge in [0.25, 0.3) is 0 Å². The average molecular weight is 216 g/mol. The van der Waals surface area contributed by atoms with E-state index in [9.17, 15) is 0 Å². The molecule has 0 unspecified atom stereocenters. The van der Waals surface area contributed by atoms with Crippen molar-refractivity contribution in [1.82, 2.24) is 9.97 Å². The lowest BCUT2D eigenvalue weighted by Crippen LogP contribution is -2.03. The summed E-state index contributed by atoms with van der Waals surface area (Å²) in [4.78, 5) is 8.13. The molecule has 0 aliphatic rings. The van der Waals surface area contributed by atoms with Crippen molar-refractivity contribution in [2.45, 2.75) is 13.3 Å². The third-order valence-corrected chi connectivity index (χ3v) is 1.60. The van der Waals surface area contributed by atoms with Crippen LogP contribution in [-0.2, 0) is 0 Å². The number of hydrogen-bond donors (Lipinski definition) is 1. The van der Waals surface area contributed by atoms with Gasteiger partial charge in [-0.3, -0.25) is 0 Å². The Morgan fingerprint density at radius 3 is 3.09 bits per heavy atom. The van der Waals surface area contributed by atoms with Gasteiger partial charge >= 0.3 is 0 Å². The van der Waals surface area contributed by atoms with Crippen molar-refractivity contribution in [1.29, 1.82) is 0 Å². The molecule has 0 atom stereocenters. The van der Waals surface area contributed by atoms with Crippen molar-refractivity contribution >= 4 is 21.9 Å². The van der Waals surface area contributed by atoms with E-state index >= 15 is 0 Å². The van der Waals surface area contributed by atoms with Crippen LogP contribution in [0.2, 0.25) is 0 Å². The molecular weight excluding hydrogens is 206 g/mol. The van der Waals surface area contributed by atoms with Crippen molar-refractivity contribution in [3.8, 4) is 0 Å². The lowest BCUT2D eigenvalue weighted by Gasteiger charge is -2.00. The second-order valence-corrected chi connectivity index (χ2v) is 2.94. The van der Waals surface area contributed by atoms with Crippen molar-refractivity contribution in [3.05, 3.63) is 16.9 Å². The van der Waals surface area contributed by atoms with Crippen LogP contribution in [0.15, 0.2) is 16.9 Å². The summed E-state index contributed by atoms with van der Waals surface area (Å²) in [6, 6.07) is 1.80. The third kappa shape index (κ3) is 2.84. The second-order valence-electron chi connectivity index (χ2n) is 2.13. The number of nitrogens with zero attached hydrogens (tertiary/aromatic N) is 2. The van der Waals surface area contributed by atoms with Gasteiger partial charge in [-0.15, -0.1) is 0 Å². The fourth-order valence-electron chi connectivity index (χ4n) is 0.659. The van der Waals surface area contributed by atoms with Crippen molar-refractivity contribution in [2.75, 3.05) is 11.9 Å². The molecule has 60 valence electrons. The first kappa shape index (κ1) is 8.46. The molecule has 0 saturated heterocycles. The SMILES string of the molecule is CCCNc1nccc(Br)n1. The minimum Gasteiger partial charge on any atom is -0.354 e. The lowest BCUT2D eigenvalue weighted by molar-refractivity contribution is 0.949.